The third-order valence-corrected chi connectivity index (χ3v) is 3.21. The largest absolute Gasteiger partial charge is 0.493 e. The lowest BCUT2D eigenvalue weighted by molar-refractivity contribution is -0.111. The van der Waals surface area contributed by atoms with E-state index in [9.17, 15) is 4.79 Å². The van der Waals surface area contributed by atoms with E-state index < -0.39 is 0 Å². The number of rotatable bonds is 4. The molecule has 2 heterocycles. The molecular weight excluding hydrogens is 296 g/mol. The molecule has 2 aromatic rings. The second-order valence-corrected chi connectivity index (χ2v) is 4.81. The molecule has 23 heavy (non-hydrogen) atoms. The summed E-state index contributed by atoms with van der Waals surface area (Å²) in [6.07, 6.45) is 6.36. The molecule has 1 amide bonds. The van der Waals surface area contributed by atoms with E-state index in [1.807, 2.05) is 6.07 Å². The predicted octanol–water partition coefficient (Wildman–Crippen LogP) is 2.51. The first-order chi connectivity index (χ1) is 11.3. The molecule has 1 aromatic carbocycles. The normalized spacial score (nSPS) is 12.9. The number of carbonyl (C=O) groups is 1. The number of hydrogen-bond acceptors (Lipinski definition) is 5. The maximum Gasteiger partial charge on any atom is 0.248 e. The summed E-state index contributed by atoms with van der Waals surface area (Å²) < 4.78 is 16.4. The number of hydrogen-bond donors (Lipinski definition) is 1. The summed E-state index contributed by atoms with van der Waals surface area (Å²) in [4.78, 5) is 15.9. The number of amides is 1. The van der Waals surface area contributed by atoms with Crippen LogP contribution in [0.3, 0.4) is 0 Å². The standard InChI is InChI=1S/C17H16N2O4/c1-21-14-9-12(10-15-17(14)23-8-7-22-15)4-5-16(20)19-13-3-2-6-18-11-13/h2-6,9-11H,7-8H2,1H3,(H,19,20)/b5-4+. The zero-order valence-corrected chi connectivity index (χ0v) is 12.6. The lowest BCUT2D eigenvalue weighted by Crippen LogP contribution is -2.16. The molecule has 0 unspecified atom stereocenters. The number of carbonyl (C=O) groups excluding carboxylic acids is 1. The minimum atomic E-state index is -0.244. The summed E-state index contributed by atoms with van der Waals surface area (Å²) in [5.41, 5.74) is 1.43. The third kappa shape index (κ3) is 3.60. The number of ether oxygens (including phenoxy) is 3. The highest BCUT2D eigenvalue weighted by molar-refractivity contribution is 6.01. The van der Waals surface area contributed by atoms with Crippen molar-refractivity contribution >= 4 is 17.7 Å². The predicted molar refractivity (Wildman–Crippen MR) is 85.9 cm³/mol. The Morgan fingerprint density at radius 2 is 2.22 bits per heavy atom. The van der Waals surface area contributed by atoms with E-state index in [4.69, 9.17) is 14.2 Å². The van der Waals surface area contributed by atoms with Crippen molar-refractivity contribution in [3.63, 3.8) is 0 Å². The van der Waals surface area contributed by atoms with Crippen LogP contribution in [0.25, 0.3) is 6.08 Å². The molecule has 1 aliphatic rings. The second-order valence-electron chi connectivity index (χ2n) is 4.81. The molecule has 118 valence electrons. The average Bonchev–Trinajstić information content (AvgIpc) is 2.60. The van der Waals surface area contributed by atoms with Gasteiger partial charge in [0.2, 0.25) is 11.7 Å². The van der Waals surface area contributed by atoms with Crippen LogP contribution in [0.5, 0.6) is 17.2 Å². The van der Waals surface area contributed by atoms with E-state index in [1.165, 1.54) is 6.08 Å². The van der Waals surface area contributed by atoms with Gasteiger partial charge in [0.05, 0.1) is 19.0 Å². The molecule has 1 N–H and O–H groups in total. The Kier molecular flexibility index (Phi) is 4.42. The molecule has 0 aliphatic carbocycles. The van der Waals surface area contributed by atoms with E-state index in [1.54, 1.807) is 43.8 Å². The summed E-state index contributed by atoms with van der Waals surface area (Å²) in [7, 11) is 1.57. The number of aromatic nitrogens is 1. The molecular formula is C17H16N2O4. The van der Waals surface area contributed by atoms with Crippen LogP contribution in [0.15, 0.2) is 42.7 Å². The van der Waals surface area contributed by atoms with Crippen molar-refractivity contribution in [2.45, 2.75) is 0 Å². The third-order valence-electron chi connectivity index (χ3n) is 3.21. The van der Waals surface area contributed by atoms with Crippen LogP contribution in [-0.4, -0.2) is 31.2 Å². The van der Waals surface area contributed by atoms with E-state index in [0.717, 1.165) is 5.56 Å². The lowest BCUT2D eigenvalue weighted by Gasteiger charge is -2.20. The molecule has 0 bridgehead atoms. The van der Waals surface area contributed by atoms with Gasteiger partial charge in [-0.15, -0.1) is 0 Å². The Morgan fingerprint density at radius 3 is 3.00 bits per heavy atom. The first-order valence-corrected chi connectivity index (χ1v) is 7.13. The fourth-order valence-corrected chi connectivity index (χ4v) is 2.18. The molecule has 6 heteroatoms. The van der Waals surface area contributed by atoms with Gasteiger partial charge in [0.1, 0.15) is 13.2 Å². The fourth-order valence-electron chi connectivity index (χ4n) is 2.18. The van der Waals surface area contributed by atoms with Gasteiger partial charge in [-0.25, -0.2) is 0 Å². The lowest BCUT2D eigenvalue weighted by atomic mass is 10.1. The van der Waals surface area contributed by atoms with Gasteiger partial charge in [0, 0.05) is 12.3 Å². The van der Waals surface area contributed by atoms with Crippen LogP contribution in [0, 0.1) is 0 Å². The maximum atomic E-state index is 11.9. The zero-order chi connectivity index (χ0) is 16.1. The van der Waals surface area contributed by atoms with Gasteiger partial charge in [-0.3, -0.25) is 9.78 Å². The number of nitrogens with zero attached hydrogens (tertiary/aromatic N) is 1. The molecule has 0 fully saturated rings. The van der Waals surface area contributed by atoms with E-state index in [2.05, 4.69) is 10.3 Å². The Morgan fingerprint density at radius 1 is 1.35 bits per heavy atom. The van der Waals surface area contributed by atoms with Crippen LogP contribution in [0.2, 0.25) is 0 Å². The average molecular weight is 312 g/mol. The van der Waals surface area contributed by atoms with Gasteiger partial charge in [-0.1, -0.05) is 0 Å². The number of benzene rings is 1. The highest BCUT2D eigenvalue weighted by Gasteiger charge is 2.17. The van der Waals surface area contributed by atoms with Crippen molar-refractivity contribution in [2.75, 3.05) is 25.6 Å². The van der Waals surface area contributed by atoms with Crippen LogP contribution in [0.1, 0.15) is 5.56 Å². The summed E-state index contributed by atoms with van der Waals surface area (Å²) in [6, 6.07) is 7.13. The summed E-state index contributed by atoms with van der Waals surface area (Å²) in [5.74, 6) is 1.54. The van der Waals surface area contributed by atoms with Crippen molar-refractivity contribution in [3.05, 3.63) is 48.3 Å². The Labute approximate surface area is 133 Å². The van der Waals surface area contributed by atoms with Crippen molar-refractivity contribution < 1.29 is 19.0 Å². The number of methoxy groups -OCH3 is 1. The van der Waals surface area contributed by atoms with Crippen molar-refractivity contribution in [2.24, 2.45) is 0 Å². The summed E-state index contributed by atoms with van der Waals surface area (Å²) >= 11 is 0. The first-order valence-electron chi connectivity index (χ1n) is 7.13. The number of pyridine rings is 1. The Hall–Kier alpha value is -3.02. The smallest absolute Gasteiger partial charge is 0.248 e. The van der Waals surface area contributed by atoms with Gasteiger partial charge in [0.25, 0.3) is 0 Å². The molecule has 1 aliphatic heterocycles. The Bertz CT molecular complexity index is 712. The van der Waals surface area contributed by atoms with E-state index in [-0.39, 0.29) is 5.91 Å². The number of anilines is 1. The van der Waals surface area contributed by atoms with Gasteiger partial charge in [0.15, 0.2) is 11.5 Å². The first kappa shape index (κ1) is 14.9. The molecule has 0 saturated heterocycles. The minimum absolute atomic E-state index is 0.244. The van der Waals surface area contributed by atoms with Crippen LogP contribution < -0.4 is 19.5 Å². The van der Waals surface area contributed by atoms with Crippen LogP contribution in [-0.2, 0) is 4.79 Å². The molecule has 0 saturated carbocycles. The Balaban J connectivity index is 1.75. The highest BCUT2D eigenvalue weighted by Crippen LogP contribution is 2.40. The molecule has 1 aromatic heterocycles. The van der Waals surface area contributed by atoms with Crippen molar-refractivity contribution in [1.29, 1.82) is 0 Å². The minimum Gasteiger partial charge on any atom is -0.493 e. The molecule has 0 atom stereocenters. The summed E-state index contributed by atoms with van der Waals surface area (Å²) in [6.45, 7) is 0.983. The van der Waals surface area contributed by atoms with Gasteiger partial charge in [-0.05, 0) is 35.9 Å². The van der Waals surface area contributed by atoms with Gasteiger partial charge >= 0.3 is 0 Å². The molecule has 6 nitrogen and oxygen atoms in total. The van der Waals surface area contributed by atoms with Crippen molar-refractivity contribution in [1.82, 2.24) is 4.98 Å². The van der Waals surface area contributed by atoms with Gasteiger partial charge in [-0.2, -0.15) is 0 Å². The number of fused-ring (bicyclic) bond motifs is 1. The fraction of sp³-hybridized carbons (Fsp3) is 0.176. The second kappa shape index (κ2) is 6.83. The topological polar surface area (TPSA) is 69.7 Å². The maximum absolute atomic E-state index is 11.9. The SMILES string of the molecule is COc1cc(/C=C/C(=O)Nc2cccnc2)cc2c1OCCO2. The monoisotopic (exact) mass is 312 g/mol. The summed E-state index contributed by atoms with van der Waals surface area (Å²) in [5, 5.41) is 2.73. The van der Waals surface area contributed by atoms with E-state index in [0.29, 0.717) is 36.1 Å². The highest BCUT2D eigenvalue weighted by atomic mass is 16.6. The van der Waals surface area contributed by atoms with Gasteiger partial charge < -0.3 is 19.5 Å². The zero-order valence-electron chi connectivity index (χ0n) is 12.6. The van der Waals surface area contributed by atoms with Crippen LogP contribution >= 0.6 is 0 Å². The quantitative estimate of drug-likeness (QED) is 0.879. The molecule has 3 rings (SSSR count). The number of nitrogens with one attached hydrogen (secondary N) is 1. The van der Waals surface area contributed by atoms with Crippen LogP contribution in [0.4, 0.5) is 5.69 Å². The molecule has 0 spiro atoms. The van der Waals surface area contributed by atoms with Crippen molar-refractivity contribution in [3.8, 4) is 17.2 Å². The van der Waals surface area contributed by atoms with E-state index >= 15 is 0 Å². The molecule has 0 radical (unpaired) electrons.